The van der Waals surface area contributed by atoms with Crippen molar-refractivity contribution in [2.24, 2.45) is 5.73 Å². The van der Waals surface area contributed by atoms with Gasteiger partial charge < -0.3 is 10.5 Å². The van der Waals surface area contributed by atoms with Crippen LogP contribution in [-0.4, -0.2) is 25.6 Å². The molecule has 0 aliphatic heterocycles. The molecular weight excluding hydrogens is 336 g/mol. The van der Waals surface area contributed by atoms with E-state index in [0.717, 1.165) is 16.8 Å². The van der Waals surface area contributed by atoms with E-state index in [9.17, 15) is 0 Å². The van der Waals surface area contributed by atoms with Crippen LogP contribution in [0, 0.1) is 0 Å². The van der Waals surface area contributed by atoms with Crippen molar-refractivity contribution in [2.75, 3.05) is 20.7 Å². The molecule has 0 amide bonds. The summed E-state index contributed by atoms with van der Waals surface area (Å²) < 4.78 is 6.42. The van der Waals surface area contributed by atoms with E-state index >= 15 is 0 Å². The van der Waals surface area contributed by atoms with E-state index in [1.54, 1.807) is 18.4 Å². The van der Waals surface area contributed by atoms with Gasteiger partial charge in [-0.05, 0) is 46.7 Å². The third kappa shape index (κ3) is 3.82. The number of hydrogen-bond acceptors (Lipinski definition) is 4. The molecule has 3 nitrogen and oxygen atoms in total. The van der Waals surface area contributed by atoms with Crippen LogP contribution in [0.25, 0.3) is 0 Å². The highest BCUT2D eigenvalue weighted by atomic mass is 79.9. The maximum absolute atomic E-state index is 5.97. The van der Waals surface area contributed by atoms with Gasteiger partial charge in [-0.3, -0.25) is 4.90 Å². The van der Waals surface area contributed by atoms with Gasteiger partial charge in [0.1, 0.15) is 5.75 Å². The third-order valence-electron chi connectivity index (χ3n) is 3.26. The Bertz CT molecular complexity index is 558. The second-order valence-electron chi connectivity index (χ2n) is 4.67. The Morgan fingerprint density at radius 2 is 2.20 bits per heavy atom. The fraction of sp³-hybridized carbons (Fsp3) is 0.333. The minimum absolute atomic E-state index is 0.186. The van der Waals surface area contributed by atoms with E-state index in [-0.39, 0.29) is 6.04 Å². The second-order valence-corrected chi connectivity index (χ2v) is 6.59. The molecule has 1 unspecified atom stereocenters. The van der Waals surface area contributed by atoms with Crippen LogP contribution in [0.3, 0.4) is 0 Å². The molecule has 1 aromatic carbocycles. The monoisotopic (exact) mass is 354 g/mol. The normalized spacial score (nSPS) is 12.7. The highest BCUT2D eigenvalue weighted by Crippen LogP contribution is 2.26. The molecule has 2 N–H and O–H groups in total. The third-order valence-corrected chi connectivity index (χ3v) is 4.94. The molecule has 0 fully saturated rings. The fourth-order valence-corrected chi connectivity index (χ4v) is 3.73. The molecule has 0 saturated heterocycles. The zero-order valence-corrected chi connectivity index (χ0v) is 14.1. The van der Waals surface area contributed by atoms with Crippen molar-refractivity contribution >= 4 is 27.3 Å². The first kappa shape index (κ1) is 15.5. The number of nitrogens with two attached hydrogens (primary N) is 1. The van der Waals surface area contributed by atoms with Gasteiger partial charge in [0.05, 0.1) is 7.11 Å². The molecule has 1 aromatic heterocycles. The quantitative estimate of drug-likeness (QED) is 0.860. The number of benzene rings is 1. The van der Waals surface area contributed by atoms with Gasteiger partial charge in [0.25, 0.3) is 0 Å². The molecule has 0 aliphatic carbocycles. The summed E-state index contributed by atoms with van der Waals surface area (Å²) >= 11 is 5.25. The van der Waals surface area contributed by atoms with Crippen LogP contribution >= 0.6 is 27.3 Å². The van der Waals surface area contributed by atoms with Crippen molar-refractivity contribution in [2.45, 2.75) is 12.6 Å². The van der Waals surface area contributed by atoms with Crippen LogP contribution < -0.4 is 10.5 Å². The summed E-state index contributed by atoms with van der Waals surface area (Å²) in [6.45, 7) is 1.46. The molecule has 2 rings (SSSR count). The number of methoxy groups -OCH3 is 1. The van der Waals surface area contributed by atoms with Crippen LogP contribution in [0.1, 0.15) is 16.5 Å². The molecule has 1 atom stereocenters. The molecule has 2 aromatic rings. The van der Waals surface area contributed by atoms with Crippen LogP contribution in [0.5, 0.6) is 5.75 Å². The highest BCUT2D eigenvalue weighted by Gasteiger charge is 2.16. The fourth-order valence-electron chi connectivity index (χ4n) is 2.21. The molecule has 5 heteroatoms. The highest BCUT2D eigenvalue weighted by molar-refractivity contribution is 9.10. The lowest BCUT2D eigenvalue weighted by Gasteiger charge is -2.27. The number of likely N-dealkylation sites (N-methyl/N-ethyl adjacent to an activating group) is 1. The lowest BCUT2D eigenvalue weighted by molar-refractivity contribution is 0.243. The van der Waals surface area contributed by atoms with Gasteiger partial charge in [-0.1, -0.05) is 12.1 Å². The van der Waals surface area contributed by atoms with E-state index in [2.05, 4.69) is 51.5 Å². The van der Waals surface area contributed by atoms with E-state index in [1.165, 1.54) is 10.4 Å². The van der Waals surface area contributed by atoms with E-state index < -0.39 is 0 Å². The first-order valence-corrected chi connectivity index (χ1v) is 8.08. The lowest BCUT2D eigenvalue weighted by Crippen LogP contribution is -2.29. The van der Waals surface area contributed by atoms with Crippen molar-refractivity contribution in [3.63, 3.8) is 0 Å². The van der Waals surface area contributed by atoms with Crippen molar-refractivity contribution in [3.8, 4) is 5.75 Å². The summed E-state index contributed by atoms with van der Waals surface area (Å²) in [4.78, 5) is 3.59. The predicted octanol–water partition coefficient (Wildman–Crippen LogP) is 3.65. The smallest absolute Gasteiger partial charge is 0.119 e. The minimum atomic E-state index is 0.186. The summed E-state index contributed by atoms with van der Waals surface area (Å²) in [6, 6.07) is 10.4. The number of rotatable bonds is 6. The molecular formula is C15H19BrN2OS. The summed E-state index contributed by atoms with van der Waals surface area (Å²) in [5, 5.41) is 2.10. The van der Waals surface area contributed by atoms with E-state index in [0.29, 0.717) is 6.54 Å². The Kier molecular flexibility index (Phi) is 5.60. The Labute approximate surface area is 132 Å². The summed E-state index contributed by atoms with van der Waals surface area (Å²) in [5.74, 6) is 0.869. The van der Waals surface area contributed by atoms with Crippen molar-refractivity contribution in [1.29, 1.82) is 0 Å². The average Bonchev–Trinajstić information content (AvgIpc) is 2.85. The molecule has 1 heterocycles. The van der Waals surface area contributed by atoms with Crippen LogP contribution in [0.4, 0.5) is 0 Å². The molecule has 0 radical (unpaired) electrons. The number of ether oxygens (including phenoxy) is 1. The summed E-state index contributed by atoms with van der Waals surface area (Å²) in [5.41, 5.74) is 7.15. The topological polar surface area (TPSA) is 38.5 Å². The molecule has 0 aliphatic rings. The average molecular weight is 355 g/mol. The number of halogens is 1. The SMILES string of the molecule is COc1cccc(C(CN)N(C)Cc2cc(Br)cs2)c1. The first-order valence-electron chi connectivity index (χ1n) is 6.41. The summed E-state index contributed by atoms with van der Waals surface area (Å²) in [7, 11) is 3.79. The largest absolute Gasteiger partial charge is 0.497 e. The maximum atomic E-state index is 5.97. The van der Waals surface area contributed by atoms with Crippen molar-refractivity contribution < 1.29 is 4.74 Å². The lowest BCUT2D eigenvalue weighted by atomic mass is 10.1. The van der Waals surface area contributed by atoms with Gasteiger partial charge in [-0.15, -0.1) is 11.3 Å². The van der Waals surface area contributed by atoms with Gasteiger partial charge in [-0.2, -0.15) is 0 Å². The van der Waals surface area contributed by atoms with Gasteiger partial charge in [0.2, 0.25) is 0 Å². The number of hydrogen-bond donors (Lipinski definition) is 1. The maximum Gasteiger partial charge on any atom is 0.119 e. The van der Waals surface area contributed by atoms with Crippen LogP contribution in [0.15, 0.2) is 40.2 Å². The van der Waals surface area contributed by atoms with E-state index in [4.69, 9.17) is 10.5 Å². The zero-order valence-electron chi connectivity index (χ0n) is 11.7. The van der Waals surface area contributed by atoms with Crippen LogP contribution in [0.2, 0.25) is 0 Å². The van der Waals surface area contributed by atoms with Crippen LogP contribution in [-0.2, 0) is 6.54 Å². The van der Waals surface area contributed by atoms with Crippen molar-refractivity contribution in [3.05, 3.63) is 50.6 Å². The molecule has 0 spiro atoms. The Morgan fingerprint density at radius 1 is 1.40 bits per heavy atom. The van der Waals surface area contributed by atoms with Gasteiger partial charge in [-0.25, -0.2) is 0 Å². The van der Waals surface area contributed by atoms with Gasteiger partial charge in [0, 0.05) is 33.9 Å². The minimum Gasteiger partial charge on any atom is -0.497 e. The standard InChI is InChI=1S/C15H19BrN2OS/c1-18(9-14-7-12(16)10-20-14)15(8-17)11-4-3-5-13(6-11)19-2/h3-7,10,15H,8-9,17H2,1-2H3. The molecule has 0 bridgehead atoms. The summed E-state index contributed by atoms with van der Waals surface area (Å²) in [6.07, 6.45) is 0. The molecule has 108 valence electrons. The first-order chi connectivity index (χ1) is 9.63. The molecule has 0 saturated carbocycles. The Balaban J connectivity index is 2.13. The number of thiophene rings is 1. The van der Waals surface area contributed by atoms with E-state index in [1.807, 2.05) is 12.1 Å². The Morgan fingerprint density at radius 3 is 2.80 bits per heavy atom. The van der Waals surface area contributed by atoms with Crippen molar-refractivity contribution in [1.82, 2.24) is 4.90 Å². The Hall–Kier alpha value is -0.880. The zero-order chi connectivity index (χ0) is 14.5. The predicted molar refractivity (Wildman–Crippen MR) is 88.3 cm³/mol. The molecule has 20 heavy (non-hydrogen) atoms. The van der Waals surface area contributed by atoms with Gasteiger partial charge >= 0.3 is 0 Å². The van der Waals surface area contributed by atoms with Gasteiger partial charge in [0.15, 0.2) is 0 Å². The second kappa shape index (κ2) is 7.22. The number of nitrogens with zero attached hydrogens (tertiary/aromatic N) is 1.